The molecule has 3 aliphatic carbocycles. The predicted octanol–water partition coefficient (Wildman–Crippen LogP) is 15.9. The van der Waals surface area contributed by atoms with Crippen LogP contribution in [0.4, 0.5) is 0 Å². The van der Waals surface area contributed by atoms with E-state index >= 15 is 0 Å². The SMILES string of the molecule is CC(C)(C)c1cc2c([c-]c1-c1ccccc1)Cc1cc(-c3ccccc3)c(C(C)(C)C)cc1-2.CC1[C-]=CC(C2(C)CCCCC2)=C1.Cc1cc[c-]cc1.Cl.Cl.[CH2]=[Zr].[CH3-]. The summed E-state index contributed by atoms with van der Waals surface area (Å²) >= 11 is 1.30. The molecule has 0 aromatic heterocycles. The van der Waals surface area contributed by atoms with Crippen molar-refractivity contribution in [3.8, 4) is 33.4 Å². The number of fused-ring (bicyclic) bond motifs is 3. The van der Waals surface area contributed by atoms with Gasteiger partial charge in [-0.15, -0.1) is 53.6 Å². The number of allylic oxidation sites excluding steroid dienone is 4. The normalized spacial score (nSPS) is 15.7. The van der Waals surface area contributed by atoms with Gasteiger partial charge in [-0.25, -0.2) is 6.08 Å². The Morgan fingerprint density at radius 2 is 1.22 bits per heavy atom. The quantitative estimate of drug-likeness (QED) is 0.155. The Morgan fingerprint density at radius 3 is 1.71 bits per heavy atom. The molecule has 5 aromatic carbocycles. The van der Waals surface area contributed by atoms with Crippen LogP contribution in [0.5, 0.6) is 0 Å². The van der Waals surface area contributed by atoms with Crippen molar-refractivity contribution in [3.05, 3.63) is 174 Å². The fraction of sp³-hybridized carbons (Fsp3) is 0.345. The molecule has 1 saturated carbocycles. The van der Waals surface area contributed by atoms with Crippen LogP contribution in [0.1, 0.15) is 115 Å². The average Bonchev–Trinajstić information content (AvgIpc) is 3.79. The maximum absolute atomic E-state index is 3.88. The van der Waals surface area contributed by atoms with Gasteiger partial charge in [0.1, 0.15) is 0 Å². The Balaban J connectivity index is 0.000000383. The molecule has 0 radical (unpaired) electrons. The summed E-state index contributed by atoms with van der Waals surface area (Å²) in [5.74, 6) is 0.550. The Hall–Kier alpha value is -3.09. The van der Waals surface area contributed by atoms with Crippen molar-refractivity contribution in [1.29, 1.82) is 0 Å². The second kappa shape index (κ2) is 22.5. The number of aryl methyl sites for hydroxylation is 1. The van der Waals surface area contributed by atoms with E-state index in [2.05, 4.69) is 176 Å². The predicted molar refractivity (Wildman–Crippen MR) is 256 cm³/mol. The number of benzene rings is 5. The maximum Gasteiger partial charge on any atom is -0.358 e. The van der Waals surface area contributed by atoms with Gasteiger partial charge in [-0.05, 0) is 39.5 Å². The van der Waals surface area contributed by atoms with Crippen molar-refractivity contribution in [1.82, 2.24) is 0 Å². The monoisotopic (exact) mass is 886 g/mol. The zero-order valence-corrected chi connectivity index (χ0v) is 40.9. The van der Waals surface area contributed by atoms with Crippen LogP contribution in [0.15, 0.2) is 121 Å². The molecule has 1 unspecified atom stereocenters. The number of rotatable bonds is 3. The van der Waals surface area contributed by atoms with E-state index in [-0.39, 0.29) is 43.1 Å². The van der Waals surface area contributed by atoms with Crippen LogP contribution in [-0.4, -0.2) is 4.21 Å². The molecule has 3 heteroatoms. The first-order chi connectivity index (χ1) is 26.2. The molecule has 0 nitrogen and oxygen atoms in total. The minimum atomic E-state index is 0. The second-order valence-electron chi connectivity index (χ2n) is 17.8. The molecule has 0 amide bonds. The van der Waals surface area contributed by atoms with E-state index in [1.807, 2.05) is 24.3 Å². The van der Waals surface area contributed by atoms with Crippen LogP contribution in [0, 0.1) is 43.9 Å². The van der Waals surface area contributed by atoms with Crippen LogP contribution >= 0.6 is 24.8 Å². The standard InChI is InChI=1S/C33H33.C13H19.C7H7.CH3.CH2.2ClH.Zr/c1-32(2,3)30-20-26-24(18-28(30)22-13-9-7-10-14-22)17-25-19-29(23-15-11-8-12-16-23)31(21-27(25)26)33(4,5)6;1-11-6-7-12(10-11)13(2)8-4-3-5-9-13;1-7-5-3-2-4-6-7;;;;;/h7-16,18,20-21H,17H2,1-6H3;7,10-11H,3-5,8-9H2,1-2H3;3-6H,1H3;1H3;1H2;2*1H;/q4*-1;;;;. The van der Waals surface area contributed by atoms with Gasteiger partial charge in [0.05, 0.1) is 0 Å². The molecule has 308 valence electrons. The molecule has 0 heterocycles. The van der Waals surface area contributed by atoms with Gasteiger partial charge in [0.25, 0.3) is 0 Å². The Labute approximate surface area is 381 Å². The van der Waals surface area contributed by atoms with Gasteiger partial charge in [-0.3, -0.25) is 6.08 Å². The van der Waals surface area contributed by atoms with Crippen molar-refractivity contribution in [2.24, 2.45) is 11.3 Å². The molecular weight excluding hydrogens is 823 g/mol. The van der Waals surface area contributed by atoms with Crippen LogP contribution in [0.2, 0.25) is 0 Å². The van der Waals surface area contributed by atoms with E-state index in [9.17, 15) is 0 Å². The number of hydrogen-bond acceptors (Lipinski definition) is 0. The topological polar surface area (TPSA) is 0 Å². The molecule has 58 heavy (non-hydrogen) atoms. The zero-order valence-electron chi connectivity index (χ0n) is 36.8. The van der Waals surface area contributed by atoms with E-state index in [1.165, 1.54) is 118 Å². The molecule has 0 N–H and O–H groups in total. The first-order valence-corrected chi connectivity index (χ1v) is 21.9. The molecule has 0 saturated heterocycles. The van der Waals surface area contributed by atoms with Gasteiger partial charge in [0, 0.05) is 0 Å². The third-order valence-electron chi connectivity index (χ3n) is 11.3. The molecular formula is C55H66Cl2Zr-4. The summed E-state index contributed by atoms with van der Waals surface area (Å²) in [5.41, 5.74) is 16.8. The molecule has 5 aromatic rings. The molecule has 1 fully saturated rings. The smallest absolute Gasteiger partial charge is 0.358 e. The van der Waals surface area contributed by atoms with E-state index in [0.29, 0.717) is 11.3 Å². The van der Waals surface area contributed by atoms with E-state index in [0.717, 1.165) is 6.42 Å². The third kappa shape index (κ3) is 12.7. The maximum atomic E-state index is 3.88. The minimum absolute atomic E-state index is 0. The van der Waals surface area contributed by atoms with Gasteiger partial charge < -0.3 is 7.43 Å². The molecule has 3 aliphatic rings. The second-order valence-corrected chi connectivity index (χ2v) is 17.8. The van der Waals surface area contributed by atoms with Crippen molar-refractivity contribution >= 4 is 29.0 Å². The van der Waals surface area contributed by atoms with Crippen LogP contribution in [0.25, 0.3) is 33.4 Å². The largest absolute Gasteiger partial charge is 0.358 e. The number of hydrogen-bond donors (Lipinski definition) is 0. The molecule has 0 aliphatic heterocycles. The summed E-state index contributed by atoms with van der Waals surface area (Å²) in [6.45, 7) is 20.6. The van der Waals surface area contributed by atoms with Crippen molar-refractivity contribution < 1.29 is 24.2 Å². The van der Waals surface area contributed by atoms with Crippen LogP contribution < -0.4 is 0 Å². The summed E-state index contributed by atoms with van der Waals surface area (Å²) in [6.07, 6.45) is 16.0. The molecule has 1 atom stereocenters. The minimum Gasteiger partial charge on any atom is -0.358 e. The fourth-order valence-electron chi connectivity index (χ4n) is 8.16. The molecule has 8 rings (SSSR count). The van der Waals surface area contributed by atoms with Crippen molar-refractivity contribution in [2.45, 2.75) is 112 Å². The van der Waals surface area contributed by atoms with Gasteiger partial charge in [-0.2, -0.15) is 47.5 Å². The Kier molecular flexibility index (Phi) is 19.8. The van der Waals surface area contributed by atoms with Crippen LogP contribution in [-0.2, 0) is 41.5 Å². The van der Waals surface area contributed by atoms with Crippen LogP contribution in [0.3, 0.4) is 0 Å². The van der Waals surface area contributed by atoms with E-state index < -0.39 is 0 Å². The first kappa shape index (κ1) is 51.1. The summed E-state index contributed by atoms with van der Waals surface area (Å²) in [4.78, 5) is 0. The molecule has 0 spiro atoms. The summed E-state index contributed by atoms with van der Waals surface area (Å²) in [5, 5.41) is 0. The average molecular weight is 889 g/mol. The zero-order chi connectivity index (χ0) is 39.8. The summed E-state index contributed by atoms with van der Waals surface area (Å²) in [6, 6.07) is 43.6. The summed E-state index contributed by atoms with van der Waals surface area (Å²) in [7, 11) is 0. The van der Waals surface area contributed by atoms with E-state index in [1.54, 1.807) is 5.57 Å². The Morgan fingerprint density at radius 1 is 0.690 bits per heavy atom. The fourth-order valence-corrected chi connectivity index (χ4v) is 8.16. The number of halogens is 2. The summed E-state index contributed by atoms with van der Waals surface area (Å²) < 4.78 is 3.34. The van der Waals surface area contributed by atoms with E-state index in [4.69, 9.17) is 0 Å². The van der Waals surface area contributed by atoms with Gasteiger partial charge in [-0.1, -0.05) is 195 Å². The van der Waals surface area contributed by atoms with Gasteiger partial charge in [0.2, 0.25) is 0 Å². The van der Waals surface area contributed by atoms with Gasteiger partial charge in [0.15, 0.2) is 0 Å². The third-order valence-corrected chi connectivity index (χ3v) is 11.3. The van der Waals surface area contributed by atoms with Gasteiger partial charge >= 0.3 is 28.4 Å². The van der Waals surface area contributed by atoms with Crippen molar-refractivity contribution in [2.75, 3.05) is 0 Å². The van der Waals surface area contributed by atoms with Crippen molar-refractivity contribution in [3.63, 3.8) is 0 Å². The molecule has 0 bridgehead atoms. The Bertz CT molecular complexity index is 1970. The first-order valence-electron chi connectivity index (χ1n) is 20.2.